The van der Waals surface area contributed by atoms with E-state index in [1.54, 1.807) is 36.4 Å². The summed E-state index contributed by atoms with van der Waals surface area (Å²) >= 11 is 5.98. The fraction of sp³-hybridized carbons (Fsp3) is 0.250. The van der Waals surface area contributed by atoms with E-state index in [0.717, 1.165) is 0 Å². The van der Waals surface area contributed by atoms with Gasteiger partial charge in [0, 0.05) is 23.3 Å². The molecule has 0 aromatic heterocycles. The minimum atomic E-state index is -0.709. The fourth-order valence-corrected chi connectivity index (χ4v) is 2.64. The zero-order valence-corrected chi connectivity index (χ0v) is 16.2. The molecule has 0 saturated heterocycles. The van der Waals surface area contributed by atoms with Crippen molar-refractivity contribution < 1.29 is 23.8 Å². The van der Waals surface area contributed by atoms with Crippen LogP contribution in [0.3, 0.4) is 0 Å². The number of halogens is 1. The summed E-state index contributed by atoms with van der Waals surface area (Å²) in [6.07, 6.45) is 0.124. The van der Waals surface area contributed by atoms with E-state index in [9.17, 15) is 9.59 Å². The maximum atomic E-state index is 12.6. The molecule has 0 aliphatic heterocycles. The molecule has 2 aromatic rings. The van der Waals surface area contributed by atoms with Crippen LogP contribution in [-0.2, 0) is 9.53 Å². The van der Waals surface area contributed by atoms with Crippen molar-refractivity contribution in [3.8, 4) is 17.6 Å². The number of rotatable bonds is 8. The van der Waals surface area contributed by atoms with Gasteiger partial charge in [0.2, 0.25) is 0 Å². The highest BCUT2D eigenvalue weighted by atomic mass is 35.5. The van der Waals surface area contributed by atoms with Crippen molar-refractivity contribution in [1.82, 2.24) is 0 Å². The monoisotopic (exact) mass is 402 g/mol. The van der Waals surface area contributed by atoms with Crippen molar-refractivity contribution >= 4 is 29.2 Å². The van der Waals surface area contributed by atoms with Gasteiger partial charge in [-0.05, 0) is 30.3 Å². The maximum Gasteiger partial charge on any atom is 0.342 e. The molecule has 0 aliphatic rings. The third-order valence-corrected chi connectivity index (χ3v) is 4.06. The predicted molar refractivity (Wildman–Crippen MR) is 104 cm³/mol. The zero-order valence-electron chi connectivity index (χ0n) is 15.5. The first-order chi connectivity index (χ1) is 13.5. The molecule has 7 nitrogen and oxygen atoms in total. The first kappa shape index (κ1) is 21.1. The zero-order chi connectivity index (χ0) is 20.5. The smallest absolute Gasteiger partial charge is 0.342 e. The topological polar surface area (TPSA) is 88.9 Å². The van der Waals surface area contributed by atoms with Gasteiger partial charge in [-0.1, -0.05) is 17.7 Å². The van der Waals surface area contributed by atoms with Crippen LogP contribution in [0.15, 0.2) is 42.5 Å². The Labute approximate surface area is 168 Å². The summed E-state index contributed by atoms with van der Waals surface area (Å²) < 4.78 is 15.4. The molecule has 28 heavy (non-hydrogen) atoms. The van der Waals surface area contributed by atoms with E-state index in [4.69, 9.17) is 31.1 Å². The number of nitriles is 1. The molecule has 0 fully saturated rings. The Bertz CT molecular complexity index is 894. The largest absolute Gasteiger partial charge is 0.497 e. The quantitative estimate of drug-likeness (QED) is 0.628. The molecule has 8 heteroatoms. The lowest BCUT2D eigenvalue weighted by Crippen LogP contribution is -2.35. The Balaban J connectivity index is 2.11. The first-order valence-corrected chi connectivity index (χ1v) is 8.70. The standard InChI is InChI=1S/C20H19ClN2O5/c1-26-16-7-8-17(18(12-16)27-2)20(25)28-13-19(24)23(10-4-9-22)15-6-3-5-14(21)11-15/h3,5-8,11-12H,4,10,13H2,1-2H3. The highest BCUT2D eigenvalue weighted by Crippen LogP contribution is 2.25. The molecular weight excluding hydrogens is 384 g/mol. The van der Waals surface area contributed by atoms with Gasteiger partial charge in [0.25, 0.3) is 5.91 Å². The Morgan fingerprint density at radius 3 is 2.57 bits per heavy atom. The summed E-state index contributed by atoms with van der Waals surface area (Å²) in [5.41, 5.74) is 0.688. The average molecular weight is 403 g/mol. The summed E-state index contributed by atoms with van der Waals surface area (Å²) in [7, 11) is 2.91. The lowest BCUT2D eigenvalue weighted by Gasteiger charge is -2.22. The molecule has 0 aliphatic carbocycles. The Hall–Kier alpha value is -3.24. The van der Waals surface area contributed by atoms with Crippen molar-refractivity contribution in [3.63, 3.8) is 0 Å². The molecule has 0 heterocycles. The Kier molecular flexibility index (Phi) is 7.66. The number of nitrogens with zero attached hydrogens (tertiary/aromatic N) is 2. The second-order valence-electron chi connectivity index (χ2n) is 5.58. The van der Waals surface area contributed by atoms with E-state index in [0.29, 0.717) is 16.5 Å². The first-order valence-electron chi connectivity index (χ1n) is 8.32. The summed E-state index contributed by atoms with van der Waals surface area (Å²) in [4.78, 5) is 26.3. The Morgan fingerprint density at radius 2 is 1.93 bits per heavy atom. The molecule has 0 spiro atoms. The second-order valence-corrected chi connectivity index (χ2v) is 6.01. The lowest BCUT2D eigenvalue weighted by atomic mass is 10.2. The van der Waals surface area contributed by atoms with E-state index in [1.807, 2.05) is 6.07 Å². The van der Waals surface area contributed by atoms with E-state index in [2.05, 4.69) is 0 Å². The van der Waals surface area contributed by atoms with Crippen LogP contribution in [-0.4, -0.2) is 39.2 Å². The van der Waals surface area contributed by atoms with Gasteiger partial charge in [0.15, 0.2) is 6.61 Å². The van der Waals surface area contributed by atoms with Gasteiger partial charge >= 0.3 is 5.97 Å². The molecule has 1 amide bonds. The average Bonchev–Trinajstić information content (AvgIpc) is 2.71. The summed E-state index contributed by atoms with van der Waals surface area (Å²) in [5.74, 6) is -0.390. The number of carbonyl (C=O) groups is 2. The van der Waals surface area contributed by atoms with Gasteiger partial charge in [0.05, 0.1) is 26.7 Å². The fourth-order valence-electron chi connectivity index (χ4n) is 2.45. The molecule has 2 aromatic carbocycles. The van der Waals surface area contributed by atoms with E-state index in [-0.39, 0.29) is 24.3 Å². The highest BCUT2D eigenvalue weighted by Gasteiger charge is 2.20. The SMILES string of the molecule is COc1ccc(C(=O)OCC(=O)N(CCC#N)c2cccc(Cl)c2)c(OC)c1. The van der Waals surface area contributed by atoms with E-state index in [1.165, 1.54) is 25.2 Å². The number of ether oxygens (including phenoxy) is 3. The van der Waals surface area contributed by atoms with Crippen LogP contribution in [0.2, 0.25) is 5.02 Å². The third-order valence-electron chi connectivity index (χ3n) is 3.82. The van der Waals surface area contributed by atoms with Crippen molar-refractivity contribution in [2.24, 2.45) is 0 Å². The number of carbonyl (C=O) groups excluding carboxylic acids is 2. The van der Waals surface area contributed by atoms with Crippen LogP contribution in [0, 0.1) is 11.3 Å². The number of anilines is 1. The number of esters is 1. The van der Waals surface area contributed by atoms with Crippen LogP contribution in [0.25, 0.3) is 0 Å². The summed E-state index contributed by atoms with van der Waals surface area (Å²) in [6.45, 7) is -0.342. The number of benzene rings is 2. The number of amides is 1. The van der Waals surface area contributed by atoms with Crippen molar-refractivity contribution in [3.05, 3.63) is 53.1 Å². The number of methoxy groups -OCH3 is 2. The van der Waals surface area contributed by atoms with Crippen LogP contribution in [0.5, 0.6) is 11.5 Å². The normalized spacial score (nSPS) is 9.93. The van der Waals surface area contributed by atoms with Gasteiger partial charge in [-0.2, -0.15) is 5.26 Å². The molecule has 146 valence electrons. The van der Waals surface area contributed by atoms with Crippen molar-refractivity contribution in [2.75, 3.05) is 32.3 Å². The maximum absolute atomic E-state index is 12.6. The molecule has 0 atom stereocenters. The van der Waals surface area contributed by atoms with Crippen LogP contribution in [0.1, 0.15) is 16.8 Å². The highest BCUT2D eigenvalue weighted by molar-refractivity contribution is 6.30. The predicted octanol–water partition coefficient (Wildman–Crippen LogP) is 3.46. The lowest BCUT2D eigenvalue weighted by molar-refractivity contribution is -0.121. The van der Waals surface area contributed by atoms with Crippen molar-refractivity contribution in [1.29, 1.82) is 5.26 Å². The summed E-state index contributed by atoms with van der Waals surface area (Å²) in [5, 5.41) is 9.29. The molecule has 2 rings (SSSR count). The molecule has 0 N–H and O–H groups in total. The molecule has 0 bridgehead atoms. The summed E-state index contributed by atoms with van der Waals surface area (Å²) in [6, 6.07) is 13.3. The van der Waals surface area contributed by atoms with E-state index < -0.39 is 18.5 Å². The molecule has 0 saturated carbocycles. The van der Waals surface area contributed by atoms with E-state index >= 15 is 0 Å². The number of hydrogen-bond donors (Lipinski definition) is 0. The molecule has 0 unspecified atom stereocenters. The minimum absolute atomic E-state index is 0.124. The Morgan fingerprint density at radius 1 is 1.14 bits per heavy atom. The molecule has 0 radical (unpaired) electrons. The molecular formula is C20H19ClN2O5. The third kappa shape index (κ3) is 5.38. The van der Waals surface area contributed by atoms with Gasteiger partial charge in [0.1, 0.15) is 17.1 Å². The second kappa shape index (κ2) is 10.2. The number of hydrogen-bond acceptors (Lipinski definition) is 6. The van der Waals surface area contributed by atoms with Crippen LogP contribution in [0.4, 0.5) is 5.69 Å². The van der Waals surface area contributed by atoms with Gasteiger partial charge < -0.3 is 19.1 Å². The van der Waals surface area contributed by atoms with Crippen molar-refractivity contribution in [2.45, 2.75) is 6.42 Å². The van der Waals surface area contributed by atoms with Gasteiger partial charge in [-0.3, -0.25) is 4.79 Å². The van der Waals surface area contributed by atoms with Gasteiger partial charge in [-0.25, -0.2) is 4.79 Å². The van der Waals surface area contributed by atoms with Crippen LogP contribution < -0.4 is 14.4 Å². The van der Waals surface area contributed by atoms with Crippen LogP contribution >= 0.6 is 11.6 Å². The minimum Gasteiger partial charge on any atom is -0.497 e. The van der Waals surface area contributed by atoms with Gasteiger partial charge in [-0.15, -0.1) is 0 Å².